The van der Waals surface area contributed by atoms with Gasteiger partial charge in [0, 0.05) is 10.8 Å². The predicted molar refractivity (Wildman–Crippen MR) is 175 cm³/mol. The summed E-state index contributed by atoms with van der Waals surface area (Å²) in [6.45, 7) is 8.78. The lowest BCUT2D eigenvalue weighted by Crippen LogP contribution is -2.22. The molecule has 0 saturated carbocycles. The van der Waals surface area contributed by atoms with Crippen LogP contribution in [0, 0.1) is 45.3 Å². The van der Waals surface area contributed by atoms with Gasteiger partial charge in [0.15, 0.2) is 0 Å². The molecular formula is C40H30N4O2. The summed E-state index contributed by atoms with van der Waals surface area (Å²) in [5, 5.41) is 37.0. The lowest BCUT2D eigenvalue weighted by molar-refractivity contribution is 0.481. The van der Waals surface area contributed by atoms with Gasteiger partial charge in [-0.1, -0.05) is 76.2 Å². The molecule has 0 spiro atoms. The van der Waals surface area contributed by atoms with Crippen LogP contribution < -0.4 is 9.47 Å². The van der Waals surface area contributed by atoms with Gasteiger partial charge in [-0.3, -0.25) is 0 Å². The van der Waals surface area contributed by atoms with E-state index in [1.54, 1.807) is 36.4 Å². The van der Waals surface area contributed by atoms with Gasteiger partial charge in [-0.2, -0.15) is 21.0 Å². The van der Waals surface area contributed by atoms with Gasteiger partial charge in [-0.05, 0) is 82.9 Å². The number of nitrogens with zero attached hydrogens (tertiary/aromatic N) is 4. The maximum Gasteiger partial charge on any atom is 0.128 e. The fraction of sp³-hybridized carbons (Fsp3) is 0.150. The van der Waals surface area contributed by atoms with E-state index in [1.165, 1.54) is 11.1 Å². The van der Waals surface area contributed by atoms with Gasteiger partial charge in [-0.15, -0.1) is 0 Å². The Morgan fingerprint density at radius 3 is 1.09 bits per heavy atom. The Labute approximate surface area is 269 Å². The molecule has 222 valence electrons. The number of hydrogen-bond acceptors (Lipinski definition) is 6. The summed E-state index contributed by atoms with van der Waals surface area (Å²) in [5.74, 6) is 2.28. The highest BCUT2D eigenvalue weighted by molar-refractivity contribution is 5.52. The molecule has 6 nitrogen and oxygen atoms in total. The highest BCUT2D eigenvalue weighted by Gasteiger charge is 2.28. The van der Waals surface area contributed by atoms with Crippen LogP contribution in [0.2, 0.25) is 0 Å². The molecule has 0 amide bonds. The summed E-state index contributed by atoms with van der Waals surface area (Å²) >= 11 is 0. The average molecular weight is 599 g/mol. The van der Waals surface area contributed by atoms with E-state index in [4.69, 9.17) is 9.47 Å². The molecule has 0 bridgehead atoms. The van der Waals surface area contributed by atoms with Crippen LogP contribution in [0.15, 0.2) is 109 Å². The molecule has 46 heavy (non-hydrogen) atoms. The maximum absolute atomic E-state index is 9.32. The maximum atomic E-state index is 9.32. The van der Waals surface area contributed by atoms with Gasteiger partial charge in [0.25, 0.3) is 0 Å². The zero-order valence-electron chi connectivity index (χ0n) is 26.0. The van der Waals surface area contributed by atoms with Crippen molar-refractivity contribution < 1.29 is 9.47 Å². The normalized spacial score (nSPS) is 11.0. The molecule has 0 unspecified atom stereocenters. The Morgan fingerprint density at radius 2 is 0.739 bits per heavy atom. The van der Waals surface area contributed by atoms with E-state index >= 15 is 0 Å². The van der Waals surface area contributed by atoms with Crippen molar-refractivity contribution in [2.75, 3.05) is 0 Å². The summed E-state index contributed by atoms with van der Waals surface area (Å²) < 4.78 is 11.9. The van der Waals surface area contributed by atoms with E-state index in [0.29, 0.717) is 34.1 Å². The van der Waals surface area contributed by atoms with Crippen LogP contribution in [0.5, 0.6) is 23.0 Å². The monoisotopic (exact) mass is 598 g/mol. The van der Waals surface area contributed by atoms with Gasteiger partial charge in [0.05, 0.1) is 22.3 Å². The minimum Gasteiger partial charge on any atom is -0.457 e. The zero-order valence-corrected chi connectivity index (χ0v) is 26.0. The molecule has 0 atom stereocenters. The lowest BCUT2D eigenvalue weighted by atomic mass is 9.73. The third-order valence-corrected chi connectivity index (χ3v) is 8.39. The first-order valence-corrected chi connectivity index (χ1v) is 14.7. The Morgan fingerprint density at radius 1 is 0.391 bits per heavy atom. The highest BCUT2D eigenvalue weighted by atomic mass is 16.5. The topological polar surface area (TPSA) is 114 Å². The first-order valence-electron chi connectivity index (χ1n) is 14.7. The fourth-order valence-corrected chi connectivity index (χ4v) is 5.34. The van der Waals surface area contributed by atoms with Crippen molar-refractivity contribution >= 4 is 0 Å². The molecule has 0 fully saturated rings. The number of hydrogen-bond donors (Lipinski definition) is 0. The van der Waals surface area contributed by atoms with Crippen LogP contribution in [-0.4, -0.2) is 0 Å². The van der Waals surface area contributed by atoms with Crippen molar-refractivity contribution in [3.63, 3.8) is 0 Å². The lowest BCUT2D eigenvalue weighted by Gasteiger charge is -2.31. The van der Waals surface area contributed by atoms with E-state index in [-0.39, 0.29) is 22.0 Å². The van der Waals surface area contributed by atoms with Crippen LogP contribution >= 0.6 is 0 Å². The minimum absolute atomic E-state index is 0.281. The molecule has 0 aliphatic heterocycles. The molecule has 0 N–H and O–H groups in total. The van der Waals surface area contributed by atoms with Gasteiger partial charge < -0.3 is 9.47 Å². The van der Waals surface area contributed by atoms with Gasteiger partial charge in [0.2, 0.25) is 0 Å². The van der Waals surface area contributed by atoms with Crippen LogP contribution in [0.4, 0.5) is 0 Å². The largest absolute Gasteiger partial charge is 0.457 e. The number of benzene rings is 5. The molecule has 0 radical (unpaired) electrons. The molecule has 0 heterocycles. The van der Waals surface area contributed by atoms with E-state index in [9.17, 15) is 21.0 Å². The van der Waals surface area contributed by atoms with E-state index in [0.717, 1.165) is 11.1 Å². The Hall–Kier alpha value is -6.34. The van der Waals surface area contributed by atoms with Crippen LogP contribution in [0.1, 0.15) is 72.2 Å². The Bertz CT molecular complexity index is 1930. The van der Waals surface area contributed by atoms with Crippen LogP contribution in [0.25, 0.3) is 0 Å². The average Bonchev–Trinajstić information content (AvgIpc) is 3.08. The second-order valence-electron chi connectivity index (χ2n) is 11.9. The molecule has 0 saturated heterocycles. The van der Waals surface area contributed by atoms with E-state index in [1.807, 2.05) is 72.8 Å². The predicted octanol–water partition coefficient (Wildman–Crippen LogP) is 9.41. The van der Waals surface area contributed by atoms with Gasteiger partial charge >= 0.3 is 0 Å². The summed E-state index contributed by atoms with van der Waals surface area (Å²) in [4.78, 5) is 0. The van der Waals surface area contributed by atoms with E-state index < -0.39 is 0 Å². The Balaban J connectivity index is 1.33. The van der Waals surface area contributed by atoms with Crippen molar-refractivity contribution in [2.24, 2.45) is 0 Å². The first kappa shape index (κ1) is 31.1. The number of rotatable bonds is 8. The summed E-state index contributed by atoms with van der Waals surface area (Å²) in [6, 6.07) is 42.3. The standard InChI is InChI=1S/C40H30N4O2/c1-39(2,31-10-16-35(17-11-31)45-37-14-8-27(23-41)29(20-37)25-43)33-6-5-7-34(22-33)40(3,4)32-12-18-36(19-13-32)46-38-15-9-28(24-42)30(21-38)26-44/h5-22H,1-4H3. The molecule has 0 aromatic heterocycles. The summed E-state index contributed by atoms with van der Waals surface area (Å²) in [6.07, 6.45) is 0. The van der Waals surface area contributed by atoms with Crippen molar-refractivity contribution in [2.45, 2.75) is 38.5 Å². The summed E-state index contributed by atoms with van der Waals surface area (Å²) in [7, 11) is 0. The van der Waals surface area contributed by atoms with Crippen LogP contribution in [0.3, 0.4) is 0 Å². The quantitative estimate of drug-likeness (QED) is 0.176. The molecule has 0 aliphatic carbocycles. The first-order chi connectivity index (χ1) is 22.1. The third-order valence-electron chi connectivity index (χ3n) is 8.39. The van der Waals surface area contributed by atoms with Gasteiger partial charge in [-0.25, -0.2) is 0 Å². The molecule has 5 rings (SSSR count). The smallest absolute Gasteiger partial charge is 0.128 e. The van der Waals surface area contributed by atoms with E-state index in [2.05, 4.69) is 52.0 Å². The second-order valence-corrected chi connectivity index (χ2v) is 11.9. The number of nitriles is 4. The second kappa shape index (κ2) is 12.7. The summed E-state index contributed by atoms with van der Waals surface area (Å²) in [5.41, 5.74) is 5.19. The van der Waals surface area contributed by atoms with Crippen LogP contribution in [-0.2, 0) is 10.8 Å². The molecule has 0 aliphatic rings. The highest BCUT2D eigenvalue weighted by Crippen LogP contribution is 2.38. The molecule has 5 aromatic rings. The SMILES string of the molecule is CC(C)(c1ccc(Oc2ccc(C#N)c(C#N)c2)cc1)c1cccc(C(C)(C)c2ccc(Oc3ccc(C#N)c(C#N)c3)cc2)c1. The minimum atomic E-state index is -0.298. The molecular weight excluding hydrogens is 568 g/mol. The fourth-order valence-electron chi connectivity index (χ4n) is 5.34. The van der Waals surface area contributed by atoms with Crippen molar-refractivity contribution in [1.29, 1.82) is 21.0 Å². The number of ether oxygens (including phenoxy) is 2. The third kappa shape index (κ3) is 6.30. The van der Waals surface area contributed by atoms with Crippen molar-refractivity contribution in [1.82, 2.24) is 0 Å². The van der Waals surface area contributed by atoms with Crippen molar-refractivity contribution in [3.8, 4) is 47.3 Å². The van der Waals surface area contributed by atoms with Gasteiger partial charge in [0.1, 0.15) is 47.3 Å². The van der Waals surface area contributed by atoms with Crippen molar-refractivity contribution in [3.05, 3.63) is 154 Å². The Kier molecular flexibility index (Phi) is 8.60. The molecule has 6 heteroatoms. The zero-order chi connectivity index (χ0) is 32.9. The molecule has 5 aromatic carbocycles.